The zero-order chi connectivity index (χ0) is 13.8. The van der Waals surface area contributed by atoms with Crippen LogP contribution in [0.25, 0.3) is 0 Å². The van der Waals surface area contributed by atoms with Gasteiger partial charge in [-0.25, -0.2) is 0 Å². The molecule has 4 nitrogen and oxygen atoms in total. The monoisotopic (exact) mass is 259 g/mol. The van der Waals surface area contributed by atoms with E-state index in [2.05, 4.69) is 12.0 Å². The minimum absolute atomic E-state index is 0.0236. The molecule has 0 saturated carbocycles. The van der Waals surface area contributed by atoms with Gasteiger partial charge in [0.2, 0.25) is 0 Å². The average Bonchev–Trinajstić information content (AvgIpc) is 2.69. The van der Waals surface area contributed by atoms with Gasteiger partial charge in [0.05, 0.1) is 13.1 Å². The van der Waals surface area contributed by atoms with E-state index < -0.39 is 5.97 Å². The summed E-state index contributed by atoms with van der Waals surface area (Å²) in [5.41, 5.74) is 2.38. The van der Waals surface area contributed by atoms with Gasteiger partial charge in [0, 0.05) is 13.0 Å². The Kier molecular flexibility index (Phi) is 4.08. The molecule has 0 radical (unpaired) electrons. The Morgan fingerprint density at radius 2 is 2.42 bits per heavy atom. The molecule has 1 aromatic carbocycles. The van der Waals surface area contributed by atoms with Gasteiger partial charge in [0.15, 0.2) is 0 Å². The van der Waals surface area contributed by atoms with Gasteiger partial charge in [0.1, 0.15) is 11.9 Å². The number of hydrogen-bond donors (Lipinski definition) is 1. The van der Waals surface area contributed by atoms with Gasteiger partial charge < -0.3 is 9.84 Å². The number of rotatable bonds is 5. The summed E-state index contributed by atoms with van der Waals surface area (Å²) in [6.07, 6.45) is 6.04. The first-order chi connectivity index (χ1) is 9.08. The molecular weight excluding hydrogens is 242 g/mol. The van der Waals surface area contributed by atoms with E-state index in [1.54, 1.807) is 4.90 Å². The predicted octanol–water partition coefficient (Wildman–Crippen LogP) is 1.32. The van der Waals surface area contributed by atoms with Crippen molar-refractivity contribution in [3.05, 3.63) is 29.3 Å². The van der Waals surface area contributed by atoms with Crippen LogP contribution in [0.15, 0.2) is 18.2 Å². The fourth-order valence-electron chi connectivity index (χ4n) is 2.34. The summed E-state index contributed by atoms with van der Waals surface area (Å²) in [5, 5.41) is 8.84. The molecule has 0 spiro atoms. The highest BCUT2D eigenvalue weighted by atomic mass is 16.5. The quantitative estimate of drug-likeness (QED) is 0.810. The molecule has 0 saturated heterocycles. The Morgan fingerprint density at radius 3 is 3.11 bits per heavy atom. The van der Waals surface area contributed by atoms with Gasteiger partial charge in [-0.3, -0.25) is 9.69 Å². The molecule has 0 aliphatic carbocycles. The van der Waals surface area contributed by atoms with Crippen LogP contribution >= 0.6 is 0 Å². The summed E-state index contributed by atoms with van der Waals surface area (Å²) >= 11 is 0. The van der Waals surface area contributed by atoms with Crippen molar-refractivity contribution < 1.29 is 14.6 Å². The molecule has 1 aliphatic rings. The second-order valence-corrected chi connectivity index (χ2v) is 4.82. The van der Waals surface area contributed by atoms with Gasteiger partial charge in [0.25, 0.3) is 0 Å². The lowest BCUT2D eigenvalue weighted by Crippen LogP contribution is -2.38. The fourth-order valence-corrected chi connectivity index (χ4v) is 2.34. The van der Waals surface area contributed by atoms with Crippen LogP contribution in [0.5, 0.6) is 5.75 Å². The predicted molar refractivity (Wildman–Crippen MR) is 72.2 cm³/mol. The third kappa shape index (κ3) is 3.49. The number of carboxylic acid groups (broad SMARTS) is 1. The number of carbonyl (C=O) groups is 1. The van der Waals surface area contributed by atoms with E-state index in [9.17, 15) is 4.79 Å². The molecule has 1 atom stereocenters. The molecule has 1 aliphatic heterocycles. The summed E-state index contributed by atoms with van der Waals surface area (Å²) in [6, 6.07) is 6.09. The Labute approximate surface area is 113 Å². The number of fused-ring (bicyclic) bond motifs is 1. The van der Waals surface area contributed by atoms with Crippen LogP contribution in [0.3, 0.4) is 0 Å². The highest BCUT2D eigenvalue weighted by Gasteiger charge is 2.25. The third-order valence-corrected chi connectivity index (χ3v) is 3.09. The Bertz CT molecular complexity index is 519. The van der Waals surface area contributed by atoms with Crippen LogP contribution in [0.1, 0.15) is 11.1 Å². The standard InChI is InChI=1S/C15H17NO3/c1-3-6-16(10-15(17)18)9-13-8-12-7-11(2)4-5-14(12)19-13/h1,4-5,7,13H,6,8-10H2,2H3,(H,17,18). The Morgan fingerprint density at radius 1 is 1.63 bits per heavy atom. The Balaban J connectivity index is 1.98. The second kappa shape index (κ2) is 5.77. The fraction of sp³-hybridized carbons (Fsp3) is 0.400. The molecule has 0 bridgehead atoms. The van der Waals surface area contributed by atoms with Crippen LogP contribution in [0, 0.1) is 19.3 Å². The number of benzene rings is 1. The molecule has 1 unspecified atom stereocenters. The first-order valence-electron chi connectivity index (χ1n) is 6.22. The van der Waals surface area contributed by atoms with E-state index in [-0.39, 0.29) is 12.6 Å². The maximum absolute atomic E-state index is 10.8. The van der Waals surface area contributed by atoms with Crippen LogP contribution in [-0.2, 0) is 11.2 Å². The molecule has 19 heavy (non-hydrogen) atoms. The SMILES string of the molecule is C#CCN(CC(=O)O)CC1Cc2cc(C)ccc2O1. The van der Waals surface area contributed by atoms with Crippen molar-refractivity contribution in [2.75, 3.05) is 19.6 Å². The van der Waals surface area contributed by atoms with Crippen LogP contribution < -0.4 is 4.74 Å². The van der Waals surface area contributed by atoms with Gasteiger partial charge in [-0.15, -0.1) is 6.42 Å². The number of ether oxygens (including phenoxy) is 1. The van der Waals surface area contributed by atoms with E-state index in [0.29, 0.717) is 13.1 Å². The van der Waals surface area contributed by atoms with E-state index in [1.165, 1.54) is 11.1 Å². The first-order valence-corrected chi connectivity index (χ1v) is 6.22. The largest absolute Gasteiger partial charge is 0.488 e. The molecule has 0 amide bonds. The highest BCUT2D eigenvalue weighted by Crippen LogP contribution is 2.29. The molecule has 0 aromatic heterocycles. The van der Waals surface area contributed by atoms with Gasteiger partial charge in [-0.05, 0) is 18.6 Å². The van der Waals surface area contributed by atoms with Crippen LogP contribution in [0.4, 0.5) is 0 Å². The molecule has 1 N–H and O–H groups in total. The smallest absolute Gasteiger partial charge is 0.317 e. The summed E-state index contributed by atoms with van der Waals surface area (Å²) in [5.74, 6) is 2.51. The molecule has 1 aromatic rings. The lowest BCUT2D eigenvalue weighted by atomic mass is 10.1. The van der Waals surface area contributed by atoms with E-state index >= 15 is 0 Å². The number of carboxylic acids is 1. The van der Waals surface area contributed by atoms with Crippen molar-refractivity contribution in [3.63, 3.8) is 0 Å². The topological polar surface area (TPSA) is 49.8 Å². The lowest BCUT2D eigenvalue weighted by molar-refractivity contribution is -0.138. The number of terminal acetylenes is 1. The van der Waals surface area contributed by atoms with E-state index in [1.807, 2.05) is 19.1 Å². The molecule has 100 valence electrons. The number of aliphatic carboxylic acids is 1. The number of nitrogens with zero attached hydrogens (tertiary/aromatic N) is 1. The van der Waals surface area contributed by atoms with Crippen LogP contribution in [0.2, 0.25) is 0 Å². The average molecular weight is 259 g/mol. The first kappa shape index (κ1) is 13.4. The second-order valence-electron chi connectivity index (χ2n) is 4.82. The van der Waals surface area contributed by atoms with Crippen LogP contribution in [-0.4, -0.2) is 41.7 Å². The van der Waals surface area contributed by atoms with E-state index in [4.69, 9.17) is 16.3 Å². The van der Waals surface area contributed by atoms with Crippen molar-refractivity contribution in [1.82, 2.24) is 4.90 Å². The molecule has 4 heteroatoms. The zero-order valence-corrected chi connectivity index (χ0v) is 10.9. The summed E-state index contributed by atoms with van der Waals surface area (Å²) in [7, 11) is 0. The maximum atomic E-state index is 10.8. The molecule has 2 rings (SSSR count). The van der Waals surface area contributed by atoms with E-state index in [0.717, 1.165) is 12.2 Å². The third-order valence-electron chi connectivity index (χ3n) is 3.09. The van der Waals surface area contributed by atoms with Gasteiger partial charge in [-0.1, -0.05) is 23.6 Å². The summed E-state index contributed by atoms with van der Waals surface area (Å²) < 4.78 is 5.82. The molecular formula is C15H17NO3. The number of hydrogen-bond acceptors (Lipinski definition) is 3. The zero-order valence-electron chi connectivity index (χ0n) is 10.9. The van der Waals surface area contributed by atoms with Crippen molar-refractivity contribution >= 4 is 5.97 Å². The van der Waals surface area contributed by atoms with Crippen molar-refractivity contribution in [1.29, 1.82) is 0 Å². The van der Waals surface area contributed by atoms with Crippen molar-refractivity contribution in [2.45, 2.75) is 19.4 Å². The normalized spacial score (nSPS) is 16.8. The minimum atomic E-state index is -0.874. The van der Waals surface area contributed by atoms with Gasteiger partial charge in [-0.2, -0.15) is 0 Å². The molecule has 1 heterocycles. The Hall–Kier alpha value is -1.99. The maximum Gasteiger partial charge on any atom is 0.317 e. The minimum Gasteiger partial charge on any atom is -0.488 e. The van der Waals surface area contributed by atoms with Gasteiger partial charge >= 0.3 is 5.97 Å². The lowest BCUT2D eigenvalue weighted by Gasteiger charge is -2.21. The summed E-state index contributed by atoms with van der Waals surface area (Å²) in [4.78, 5) is 12.5. The van der Waals surface area contributed by atoms with Crippen molar-refractivity contribution in [2.24, 2.45) is 0 Å². The van der Waals surface area contributed by atoms with Crippen molar-refractivity contribution in [3.8, 4) is 18.1 Å². The number of aryl methyl sites for hydroxylation is 1. The highest BCUT2D eigenvalue weighted by molar-refractivity contribution is 5.69. The summed E-state index contributed by atoms with van der Waals surface area (Å²) in [6.45, 7) is 2.84. The molecule has 0 fully saturated rings.